The van der Waals surface area contributed by atoms with Crippen LogP contribution in [0.25, 0.3) is 0 Å². The summed E-state index contributed by atoms with van der Waals surface area (Å²) in [6.07, 6.45) is 2.27. The van der Waals surface area contributed by atoms with Gasteiger partial charge in [0.2, 0.25) is 0 Å². The zero-order valence-corrected chi connectivity index (χ0v) is 16.1. The van der Waals surface area contributed by atoms with Crippen LogP contribution in [0.3, 0.4) is 0 Å². The Morgan fingerprint density at radius 2 is 1.74 bits per heavy atom. The molecule has 1 aliphatic rings. The van der Waals surface area contributed by atoms with Crippen LogP contribution in [-0.4, -0.2) is 50.7 Å². The van der Waals surface area contributed by atoms with E-state index in [4.69, 9.17) is 9.47 Å². The van der Waals surface area contributed by atoms with E-state index in [1.807, 2.05) is 13.8 Å². The number of quaternary nitrogens is 1. The van der Waals surface area contributed by atoms with E-state index >= 15 is 0 Å². The molecular formula is C20H29N2O5+. The van der Waals surface area contributed by atoms with Gasteiger partial charge in [-0.05, 0) is 37.6 Å². The van der Waals surface area contributed by atoms with E-state index in [-0.39, 0.29) is 23.8 Å². The van der Waals surface area contributed by atoms with E-state index < -0.39 is 0 Å². The number of esters is 2. The summed E-state index contributed by atoms with van der Waals surface area (Å²) in [7, 11) is 0. The van der Waals surface area contributed by atoms with Gasteiger partial charge in [-0.3, -0.25) is 9.59 Å². The standard InChI is InChI=1S/C20H28N2O5/c1-3-13-27-20(25)15-5-7-17(8-6-15)21-18(23)14-22-11-9-16(10-12-22)19(24)26-4-2/h5-8,16H,3-4,9-14H2,1-2H3,(H,21,23)/p+1. The lowest BCUT2D eigenvalue weighted by Crippen LogP contribution is -3.14. The number of carbonyl (C=O) groups is 3. The number of anilines is 1. The van der Waals surface area contributed by atoms with Crippen molar-refractivity contribution in [3.63, 3.8) is 0 Å². The first-order valence-electron chi connectivity index (χ1n) is 9.60. The van der Waals surface area contributed by atoms with Crippen molar-refractivity contribution in [1.82, 2.24) is 0 Å². The monoisotopic (exact) mass is 377 g/mol. The second-order valence-corrected chi connectivity index (χ2v) is 6.71. The number of likely N-dealkylation sites (tertiary alicyclic amines) is 1. The smallest absolute Gasteiger partial charge is 0.338 e. The fraction of sp³-hybridized carbons (Fsp3) is 0.550. The second kappa shape index (κ2) is 10.7. The number of amides is 1. The number of piperidine rings is 1. The lowest BCUT2D eigenvalue weighted by molar-refractivity contribution is -0.897. The fourth-order valence-electron chi connectivity index (χ4n) is 3.10. The third-order valence-corrected chi connectivity index (χ3v) is 4.56. The molecule has 1 heterocycles. The molecule has 0 atom stereocenters. The summed E-state index contributed by atoms with van der Waals surface area (Å²) < 4.78 is 10.1. The van der Waals surface area contributed by atoms with Gasteiger partial charge in [0.1, 0.15) is 0 Å². The summed E-state index contributed by atoms with van der Waals surface area (Å²) in [5, 5.41) is 2.85. The van der Waals surface area contributed by atoms with Crippen LogP contribution >= 0.6 is 0 Å². The molecule has 0 spiro atoms. The Bertz CT molecular complexity index is 636. The molecule has 1 saturated heterocycles. The number of ether oxygens (including phenoxy) is 2. The number of hydrogen-bond donors (Lipinski definition) is 2. The third kappa shape index (κ3) is 6.67. The molecule has 0 radical (unpaired) electrons. The summed E-state index contributed by atoms with van der Waals surface area (Å²) in [6, 6.07) is 6.68. The van der Waals surface area contributed by atoms with Crippen molar-refractivity contribution in [2.45, 2.75) is 33.1 Å². The molecule has 0 aliphatic carbocycles. The van der Waals surface area contributed by atoms with Crippen molar-refractivity contribution in [1.29, 1.82) is 0 Å². The molecule has 0 saturated carbocycles. The summed E-state index contributed by atoms with van der Waals surface area (Å²) >= 11 is 0. The molecule has 7 heteroatoms. The first-order valence-corrected chi connectivity index (χ1v) is 9.60. The molecule has 1 fully saturated rings. The van der Waals surface area contributed by atoms with Crippen LogP contribution in [-0.2, 0) is 19.1 Å². The highest BCUT2D eigenvalue weighted by molar-refractivity contribution is 5.93. The van der Waals surface area contributed by atoms with Crippen molar-refractivity contribution < 1.29 is 28.8 Å². The number of carbonyl (C=O) groups excluding carboxylic acids is 3. The van der Waals surface area contributed by atoms with Crippen LogP contribution in [0.15, 0.2) is 24.3 Å². The molecule has 27 heavy (non-hydrogen) atoms. The van der Waals surface area contributed by atoms with Crippen LogP contribution in [0.2, 0.25) is 0 Å². The minimum absolute atomic E-state index is 0.0447. The highest BCUT2D eigenvalue weighted by atomic mass is 16.5. The number of rotatable bonds is 8. The summed E-state index contributed by atoms with van der Waals surface area (Å²) in [4.78, 5) is 36.9. The van der Waals surface area contributed by atoms with E-state index in [0.29, 0.717) is 31.0 Å². The van der Waals surface area contributed by atoms with Crippen LogP contribution < -0.4 is 10.2 Å². The molecule has 1 aromatic carbocycles. The van der Waals surface area contributed by atoms with E-state index in [1.165, 1.54) is 0 Å². The fourth-order valence-corrected chi connectivity index (χ4v) is 3.10. The highest BCUT2D eigenvalue weighted by Gasteiger charge is 2.29. The molecule has 1 amide bonds. The van der Waals surface area contributed by atoms with Gasteiger partial charge in [0, 0.05) is 18.5 Å². The van der Waals surface area contributed by atoms with Crippen molar-refractivity contribution in [3.05, 3.63) is 29.8 Å². The average Bonchev–Trinajstić information content (AvgIpc) is 2.67. The van der Waals surface area contributed by atoms with E-state index in [1.54, 1.807) is 24.3 Å². The van der Waals surface area contributed by atoms with Crippen LogP contribution in [0.1, 0.15) is 43.5 Å². The van der Waals surface area contributed by atoms with Gasteiger partial charge in [-0.25, -0.2) is 4.79 Å². The lowest BCUT2D eigenvalue weighted by atomic mass is 9.97. The molecule has 0 unspecified atom stereocenters. The van der Waals surface area contributed by atoms with Crippen molar-refractivity contribution in [2.24, 2.45) is 5.92 Å². The minimum atomic E-state index is -0.358. The summed E-state index contributed by atoms with van der Waals surface area (Å²) in [5.74, 6) is -0.611. The quantitative estimate of drug-likeness (QED) is 0.662. The molecule has 0 aromatic heterocycles. The SMILES string of the molecule is CCCOC(=O)c1ccc(NC(=O)C[NH+]2CCC(C(=O)OCC)CC2)cc1. The maximum Gasteiger partial charge on any atom is 0.338 e. The topological polar surface area (TPSA) is 86.1 Å². The Labute approximate surface area is 160 Å². The van der Waals surface area contributed by atoms with Gasteiger partial charge in [0.25, 0.3) is 5.91 Å². The summed E-state index contributed by atoms with van der Waals surface area (Å²) in [6.45, 7) is 6.46. The zero-order chi connectivity index (χ0) is 19.6. The molecular weight excluding hydrogens is 348 g/mol. The Kier molecular flexibility index (Phi) is 8.26. The molecule has 0 bridgehead atoms. The number of nitrogens with one attached hydrogen (secondary N) is 2. The van der Waals surface area contributed by atoms with Crippen LogP contribution in [0.5, 0.6) is 0 Å². The molecule has 2 rings (SSSR count). The Hall–Kier alpha value is -2.41. The maximum atomic E-state index is 12.2. The van der Waals surface area contributed by atoms with Gasteiger partial charge in [-0.1, -0.05) is 6.92 Å². The van der Waals surface area contributed by atoms with E-state index in [0.717, 1.165) is 37.3 Å². The van der Waals surface area contributed by atoms with Gasteiger partial charge >= 0.3 is 11.9 Å². The predicted molar refractivity (Wildman–Crippen MR) is 101 cm³/mol. The van der Waals surface area contributed by atoms with Gasteiger partial charge < -0.3 is 19.7 Å². The normalized spacial score (nSPS) is 19.2. The molecule has 1 aliphatic heterocycles. The molecule has 2 N–H and O–H groups in total. The number of hydrogen-bond acceptors (Lipinski definition) is 5. The minimum Gasteiger partial charge on any atom is -0.466 e. The zero-order valence-electron chi connectivity index (χ0n) is 16.1. The average molecular weight is 377 g/mol. The first-order chi connectivity index (χ1) is 13.0. The van der Waals surface area contributed by atoms with Crippen LogP contribution in [0.4, 0.5) is 5.69 Å². The third-order valence-electron chi connectivity index (χ3n) is 4.56. The second-order valence-electron chi connectivity index (χ2n) is 6.71. The van der Waals surface area contributed by atoms with E-state index in [2.05, 4.69) is 5.32 Å². The molecule has 7 nitrogen and oxygen atoms in total. The van der Waals surface area contributed by atoms with E-state index in [9.17, 15) is 14.4 Å². The Morgan fingerprint density at radius 3 is 2.33 bits per heavy atom. The lowest BCUT2D eigenvalue weighted by Gasteiger charge is -2.27. The van der Waals surface area contributed by atoms with Gasteiger partial charge in [0.15, 0.2) is 6.54 Å². The summed E-state index contributed by atoms with van der Waals surface area (Å²) in [5.41, 5.74) is 1.11. The Morgan fingerprint density at radius 1 is 1.07 bits per heavy atom. The molecule has 148 valence electrons. The highest BCUT2D eigenvalue weighted by Crippen LogP contribution is 2.12. The largest absolute Gasteiger partial charge is 0.466 e. The van der Waals surface area contributed by atoms with Crippen molar-refractivity contribution >= 4 is 23.5 Å². The van der Waals surface area contributed by atoms with Gasteiger partial charge in [-0.2, -0.15) is 0 Å². The Balaban J connectivity index is 1.76. The van der Waals surface area contributed by atoms with Gasteiger partial charge in [0.05, 0.1) is 37.8 Å². The van der Waals surface area contributed by atoms with Crippen molar-refractivity contribution in [2.75, 3.05) is 38.2 Å². The predicted octanol–water partition coefficient (Wildman–Crippen LogP) is 1.05. The molecule has 1 aromatic rings. The van der Waals surface area contributed by atoms with Gasteiger partial charge in [-0.15, -0.1) is 0 Å². The van der Waals surface area contributed by atoms with Crippen molar-refractivity contribution in [3.8, 4) is 0 Å². The number of benzene rings is 1. The maximum absolute atomic E-state index is 12.2. The van der Waals surface area contributed by atoms with Crippen LogP contribution in [0, 0.1) is 5.92 Å². The first kappa shape index (κ1) is 20.9.